The van der Waals surface area contributed by atoms with Crippen LogP contribution in [-0.4, -0.2) is 22.9 Å². The van der Waals surface area contributed by atoms with Crippen LogP contribution in [-0.2, 0) is 4.79 Å². The third kappa shape index (κ3) is 2.18. The van der Waals surface area contributed by atoms with Gasteiger partial charge in [-0.1, -0.05) is 26.0 Å². The fourth-order valence-corrected chi connectivity index (χ4v) is 1.43. The zero-order chi connectivity index (χ0) is 11.0. The molecule has 0 aromatic rings. The molecule has 1 N–H and O–H groups in total. The predicted octanol–water partition coefficient (Wildman–Crippen LogP) is 1.93. The van der Waals surface area contributed by atoms with Crippen LogP contribution in [0.4, 0.5) is 8.78 Å². The molecule has 0 bridgehead atoms. The minimum Gasteiger partial charge on any atom is -0.382 e. The molecule has 0 aliphatic heterocycles. The molecule has 0 aromatic heterocycles. The van der Waals surface area contributed by atoms with E-state index in [0.29, 0.717) is 6.42 Å². The monoisotopic (exact) mass is 204 g/mol. The lowest BCUT2D eigenvalue weighted by atomic mass is 9.80. The summed E-state index contributed by atoms with van der Waals surface area (Å²) in [6.45, 7) is 3.51. The SMILES string of the molecule is CC1(C)C/C=C\[C@@H](O)C(F)(F)C(=O)C1. The predicted molar refractivity (Wildman–Crippen MR) is 48.1 cm³/mol. The average molecular weight is 204 g/mol. The van der Waals surface area contributed by atoms with E-state index in [4.69, 9.17) is 5.11 Å². The molecule has 80 valence electrons. The van der Waals surface area contributed by atoms with Crippen molar-refractivity contribution in [2.45, 2.75) is 38.7 Å². The van der Waals surface area contributed by atoms with Gasteiger partial charge in [-0.3, -0.25) is 4.79 Å². The Balaban J connectivity index is 2.98. The number of alkyl halides is 2. The van der Waals surface area contributed by atoms with Gasteiger partial charge in [-0.2, -0.15) is 8.78 Å². The van der Waals surface area contributed by atoms with Crippen molar-refractivity contribution in [2.75, 3.05) is 0 Å². The van der Waals surface area contributed by atoms with Gasteiger partial charge in [-0.05, 0) is 11.8 Å². The number of ketones is 1. The number of carbonyl (C=O) groups excluding carboxylic acids is 1. The Kier molecular flexibility index (Phi) is 2.76. The lowest BCUT2D eigenvalue weighted by molar-refractivity contribution is -0.158. The van der Waals surface area contributed by atoms with Crippen LogP contribution in [0.1, 0.15) is 26.7 Å². The maximum Gasteiger partial charge on any atom is 0.333 e. The molecule has 4 heteroatoms. The van der Waals surface area contributed by atoms with E-state index in [2.05, 4.69) is 0 Å². The van der Waals surface area contributed by atoms with Crippen LogP contribution in [0.2, 0.25) is 0 Å². The van der Waals surface area contributed by atoms with Gasteiger partial charge in [-0.25, -0.2) is 0 Å². The number of allylic oxidation sites excluding steroid dienone is 1. The molecule has 1 atom stereocenters. The molecule has 0 saturated heterocycles. The van der Waals surface area contributed by atoms with Gasteiger partial charge in [0.05, 0.1) is 0 Å². The highest BCUT2D eigenvalue weighted by atomic mass is 19.3. The second kappa shape index (κ2) is 3.42. The summed E-state index contributed by atoms with van der Waals surface area (Å²) in [6.07, 6.45) is 0.836. The molecule has 0 heterocycles. The van der Waals surface area contributed by atoms with Crippen molar-refractivity contribution in [2.24, 2.45) is 5.41 Å². The van der Waals surface area contributed by atoms with Gasteiger partial charge in [0.1, 0.15) is 6.10 Å². The van der Waals surface area contributed by atoms with Crippen molar-refractivity contribution in [3.8, 4) is 0 Å². The fourth-order valence-electron chi connectivity index (χ4n) is 1.43. The quantitative estimate of drug-likeness (QED) is 0.612. The van der Waals surface area contributed by atoms with Crippen LogP contribution in [0.5, 0.6) is 0 Å². The third-order valence-electron chi connectivity index (χ3n) is 2.37. The highest BCUT2D eigenvalue weighted by molar-refractivity contribution is 5.87. The molecule has 0 amide bonds. The smallest absolute Gasteiger partial charge is 0.333 e. The summed E-state index contributed by atoms with van der Waals surface area (Å²) in [4.78, 5) is 11.2. The molecular formula is C10H14F2O2. The van der Waals surface area contributed by atoms with Crippen LogP contribution in [0, 0.1) is 5.41 Å². The minimum absolute atomic E-state index is 0.207. The fraction of sp³-hybridized carbons (Fsp3) is 0.700. The zero-order valence-electron chi connectivity index (χ0n) is 8.26. The van der Waals surface area contributed by atoms with Crippen molar-refractivity contribution in [3.63, 3.8) is 0 Å². The minimum atomic E-state index is -3.64. The largest absolute Gasteiger partial charge is 0.382 e. The van der Waals surface area contributed by atoms with Crippen LogP contribution in [0.3, 0.4) is 0 Å². The Hall–Kier alpha value is -0.770. The maximum absolute atomic E-state index is 13.1. The first-order valence-corrected chi connectivity index (χ1v) is 4.51. The number of hydrogen-bond donors (Lipinski definition) is 1. The van der Waals surface area contributed by atoms with E-state index in [-0.39, 0.29) is 6.42 Å². The second-order valence-corrected chi connectivity index (χ2v) is 4.46. The van der Waals surface area contributed by atoms with Crippen LogP contribution >= 0.6 is 0 Å². The Morgan fingerprint density at radius 1 is 1.50 bits per heavy atom. The normalized spacial score (nSPS) is 33.2. The van der Waals surface area contributed by atoms with Gasteiger partial charge in [0, 0.05) is 6.42 Å². The lowest BCUT2D eigenvalue weighted by Gasteiger charge is -2.28. The van der Waals surface area contributed by atoms with Crippen molar-refractivity contribution in [1.82, 2.24) is 0 Å². The molecule has 1 aliphatic rings. The Labute approximate surface area is 81.6 Å². The van der Waals surface area contributed by atoms with Crippen molar-refractivity contribution >= 4 is 5.78 Å². The molecule has 1 aliphatic carbocycles. The zero-order valence-corrected chi connectivity index (χ0v) is 8.26. The number of halogens is 2. The summed E-state index contributed by atoms with van der Waals surface area (Å²) >= 11 is 0. The van der Waals surface area contributed by atoms with Crippen LogP contribution in [0.25, 0.3) is 0 Å². The first-order valence-electron chi connectivity index (χ1n) is 4.51. The summed E-state index contributed by atoms with van der Waals surface area (Å²) in [5.41, 5.74) is -0.461. The van der Waals surface area contributed by atoms with Gasteiger partial charge in [0.25, 0.3) is 0 Å². The van der Waals surface area contributed by atoms with Crippen LogP contribution in [0.15, 0.2) is 12.2 Å². The molecule has 2 nitrogen and oxygen atoms in total. The Morgan fingerprint density at radius 3 is 2.64 bits per heavy atom. The van der Waals surface area contributed by atoms with Crippen molar-refractivity contribution < 1.29 is 18.7 Å². The molecule has 0 saturated carbocycles. The third-order valence-corrected chi connectivity index (χ3v) is 2.37. The summed E-state index contributed by atoms with van der Waals surface area (Å²) in [5, 5.41) is 9.02. The van der Waals surface area contributed by atoms with Gasteiger partial charge in [0.15, 0.2) is 0 Å². The van der Waals surface area contributed by atoms with Gasteiger partial charge < -0.3 is 5.11 Å². The molecule has 0 aromatic carbocycles. The van der Waals surface area contributed by atoms with E-state index in [9.17, 15) is 13.6 Å². The molecule has 14 heavy (non-hydrogen) atoms. The highest BCUT2D eigenvalue weighted by Crippen LogP contribution is 2.34. The lowest BCUT2D eigenvalue weighted by Crippen LogP contribution is -2.43. The summed E-state index contributed by atoms with van der Waals surface area (Å²) < 4.78 is 26.2. The number of rotatable bonds is 0. The maximum atomic E-state index is 13.1. The first-order chi connectivity index (χ1) is 6.26. The molecular weight excluding hydrogens is 190 g/mol. The Morgan fingerprint density at radius 2 is 2.07 bits per heavy atom. The van der Waals surface area contributed by atoms with E-state index < -0.39 is 23.2 Å². The average Bonchev–Trinajstić information content (AvgIpc) is 2.01. The molecule has 0 spiro atoms. The standard InChI is InChI=1S/C10H14F2O2/c1-9(2)5-3-4-7(13)10(11,12)8(14)6-9/h3-4,7,13H,5-6H2,1-2H3/b4-3-/t7-/m1/s1. The number of Topliss-reactive ketones (excluding diaryl/α,β-unsaturated/α-hetero) is 1. The molecule has 0 fully saturated rings. The van der Waals surface area contributed by atoms with Crippen molar-refractivity contribution in [3.05, 3.63) is 12.2 Å². The number of hydrogen-bond acceptors (Lipinski definition) is 2. The van der Waals surface area contributed by atoms with E-state index in [1.807, 2.05) is 0 Å². The summed E-state index contributed by atoms with van der Waals surface area (Å²) in [6, 6.07) is 0. The number of carbonyl (C=O) groups is 1. The summed E-state index contributed by atoms with van der Waals surface area (Å²) in [7, 11) is 0. The molecule has 1 rings (SSSR count). The Bertz CT molecular complexity index is 269. The van der Waals surface area contributed by atoms with Crippen molar-refractivity contribution in [1.29, 1.82) is 0 Å². The summed E-state index contributed by atoms with van der Waals surface area (Å²) in [5.74, 6) is -4.83. The first kappa shape index (κ1) is 11.3. The van der Waals surface area contributed by atoms with Gasteiger partial charge >= 0.3 is 5.92 Å². The number of aliphatic hydroxyl groups excluding tert-OH is 1. The van der Waals surface area contributed by atoms with Crippen LogP contribution < -0.4 is 0 Å². The van der Waals surface area contributed by atoms with E-state index >= 15 is 0 Å². The van der Waals surface area contributed by atoms with E-state index in [1.54, 1.807) is 13.8 Å². The highest BCUT2D eigenvalue weighted by Gasteiger charge is 2.47. The van der Waals surface area contributed by atoms with E-state index in [0.717, 1.165) is 6.08 Å². The van der Waals surface area contributed by atoms with E-state index in [1.165, 1.54) is 6.08 Å². The molecule has 0 unspecified atom stereocenters. The van der Waals surface area contributed by atoms with Gasteiger partial charge in [0.2, 0.25) is 5.78 Å². The molecule has 0 radical (unpaired) electrons. The number of aliphatic hydroxyl groups is 1. The second-order valence-electron chi connectivity index (χ2n) is 4.46. The van der Waals surface area contributed by atoms with Gasteiger partial charge in [-0.15, -0.1) is 0 Å². The topological polar surface area (TPSA) is 37.3 Å².